The van der Waals surface area contributed by atoms with Crippen LogP contribution >= 0.6 is 0 Å². The van der Waals surface area contributed by atoms with Gasteiger partial charge in [-0.3, -0.25) is 4.68 Å². The molecule has 0 radical (unpaired) electrons. The van der Waals surface area contributed by atoms with Crippen LogP contribution in [0.4, 0.5) is 10.5 Å². The van der Waals surface area contributed by atoms with Gasteiger partial charge in [-0.1, -0.05) is 27.7 Å². The van der Waals surface area contributed by atoms with E-state index in [1.807, 2.05) is 15.8 Å². The fraction of sp³-hybridized carbons (Fsp3) is 0.750. The minimum absolute atomic E-state index is 0.0574. The highest BCUT2D eigenvalue weighted by Gasteiger charge is 2.28. The zero-order valence-electron chi connectivity index (χ0n) is 14.1. The number of aromatic nitrogens is 2. The van der Waals surface area contributed by atoms with Crippen LogP contribution in [0.3, 0.4) is 0 Å². The van der Waals surface area contributed by atoms with Crippen LogP contribution in [-0.4, -0.2) is 46.5 Å². The van der Waals surface area contributed by atoms with E-state index in [9.17, 15) is 4.79 Å². The number of carbonyl (C=O) groups excluding carboxylic acids is 1. The fourth-order valence-corrected chi connectivity index (χ4v) is 2.76. The molecule has 124 valence electrons. The van der Waals surface area contributed by atoms with Gasteiger partial charge < -0.3 is 15.0 Å². The molecule has 0 saturated carbocycles. The third kappa shape index (κ3) is 4.73. The molecule has 1 aliphatic heterocycles. The first-order valence-electron chi connectivity index (χ1n) is 8.13. The van der Waals surface area contributed by atoms with Crippen molar-refractivity contribution in [1.29, 1.82) is 0 Å². The molecule has 0 aliphatic carbocycles. The molecular formula is C16H28N4O2. The van der Waals surface area contributed by atoms with Gasteiger partial charge in [0.1, 0.15) is 0 Å². The van der Waals surface area contributed by atoms with Gasteiger partial charge in [-0.15, -0.1) is 0 Å². The average Bonchev–Trinajstić information content (AvgIpc) is 2.84. The molecule has 2 amide bonds. The third-order valence-corrected chi connectivity index (χ3v) is 3.67. The van der Waals surface area contributed by atoms with Crippen molar-refractivity contribution in [3.63, 3.8) is 0 Å². The SMILES string of the molecule is CC(C)CC1COCCN1C(=O)Nc1cnn(CC(C)C)c1. The number of rotatable bonds is 5. The molecule has 6 nitrogen and oxygen atoms in total. The second-order valence-corrected chi connectivity index (χ2v) is 6.83. The normalized spacial score (nSPS) is 19.0. The summed E-state index contributed by atoms with van der Waals surface area (Å²) >= 11 is 0. The highest BCUT2D eigenvalue weighted by Crippen LogP contribution is 2.17. The Kier molecular flexibility index (Phi) is 5.83. The van der Waals surface area contributed by atoms with Gasteiger partial charge in [0.05, 0.1) is 31.1 Å². The van der Waals surface area contributed by atoms with Gasteiger partial charge in [0.25, 0.3) is 0 Å². The Balaban J connectivity index is 1.96. The van der Waals surface area contributed by atoms with Crippen molar-refractivity contribution in [2.24, 2.45) is 11.8 Å². The van der Waals surface area contributed by atoms with Gasteiger partial charge in [-0.25, -0.2) is 4.79 Å². The molecule has 0 aromatic carbocycles. The van der Waals surface area contributed by atoms with Crippen molar-refractivity contribution in [3.8, 4) is 0 Å². The lowest BCUT2D eigenvalue weighted by atomic mass is 10.0. The number of hydrogen-bond donors (Lipinski definition) is 1. The Hall–Kier alpha value is -1.56. The van der Waals surface area contributed by atoms with E-state index in [1.54, 1.807) is 6.20 Å². The molecule has 1 aromatic heterocycles. The second-order valence-electron chi connectivity index (χ2n) is 6.83. The van der Waals surface area contributed by atoms with Crippen LogP contribution in [0.1, 0.15) is 34.1 Å². The monoisotopic (exact) mass is 308 g/mol. The molecule has 2 heterocycles. The zero-order chi connectivity index (χ0) is 16.1. The van der Waals surface area contributed by atoms with Gasteiger partial charge in [0.15, 0.2) is 0 Å². The number of carbonyl (C=O) groups is 1. The summed E-state index contributed by atoms with van der Waals surface area (Å²) in [4.78, 5) is 14.4. The van der Waals surface area contributed by atoms with Crippen LogP contribution < -0.4 is 5.32 Å². The van der Waals surface area contributed by atoms with E-state index in [0.29, 0.717) is 31.6 Å². The fourth-order valence-electron chi connectivity index (χ4n) is 2.76. The van der Waals surface area contributed by atoms with E-state index in [1.165, 1.54) is 0 Å². The molecular weight excluding hydrogens is 280 g/mol. The Bertz CT molecular complexity index is 484. The van der Waals surface area contributed by atoms with Crippen molar-refractivity contribution in [2.75, 3.05) is 25.1 Å². The number of nitrogens with zero attached hydrogens (tertiary/aromatic N) is 3. The molecule has 1 unspecified atom stereocenters. The van der Waals surface area contributed by atoms with Crippen LogP contribution in [0.2, 0.25) is 0 Å². The first kappa shape index (κ1) is 16.8. The Morgan fingerprint density at radius 2 is 2.18 bits per heavy atom. The number of morpholine rings is 1. The molecule has 1 aliphatic rings. The van der Waals surface area contributed by atoms with E-state index >= 15 is 0 Å². The Morgan fingerprint density at radius 1 is 1.41 bits per heavy atom. The van der Waals surface area contributed by atoms with Crippen molar-refractivity contribution in [3.05, 3.63) is 12.4 Å². The quantitative estimate of drug-likeness (QED) is 0.910. The average molecular weight is 308 g/mol. The third-order valence-electron chi connectivity index (χ3n) is 3.67. The highest BCUT2D eigenvalue weighted by molar-refractivity contribution is 5.89. The van der Waals surface area contributed by atoms with E-state index in [0.717, 1.165) is 18.7 Å². The summed E-state index contributed by atoms with van der Waals surface area (Å²) in [7, 11) is 0. The number of hydrogen-bond acceptors (Lipinski definition) is 3. The summed E-state index contributed by atoms with van der Waals surface area (Å²) in [5, 5.41) is 7.24. The molecule has 22 heavy (non-hydrogen) atoms. The Morgan fingerprint density at radius 3 is 2.86 bits per heavy atom. The number of ether oxygens (including phenoxy) is 1. The highest BCUT2D eigenvalue weighted by atomic mass is 16.5. The first-order chi connectivity index (χ1) is 10.5. The van der Waals surface area contributed by atoms with E-state index in [4.69, 9.17) is 4.74 Å². The molecule has 1 saturated heterocycles. The van der Waals surface area contributed by atoms with Crippen LogP contribution in [0.25, 0.3) is 0 Å². The maximum absolute atomic E-state index is 12.5. The predicted molar refractivity (Wildman–Crippen MR) is 86.9 cm³/mol. The molecule has 0 spiro atoms. The summed E-state index contributed by atoms with van der Waals surface area (Å²) in [5.41, 5.74) is 0.750. The van der Waals surface area contributed by atoms with E-state index in [-0.39, 0.29) is 12.1 Å². The van der Waals surface area contributed by atoms with Crippen LogP contribution in [-0.2, 0) is 11.3 Å². The summed E-state index contributed by atoms with van der Waals surface area (Å²) in [6, 6.07) is 0.0949. The van der Waals surface area contributed by atoms with Gasteiger partial charge in [-0.05, 0) is 18.3 Å². The largest absolute Gasteiger partial charge is 0.377 e. The minimum Gasteiger partial charge on any atom is -0.377 e. The van der Waals surface area contributed by atoms with Gasteiger partial charge in [-0.2, -0.15) is 5.10 Å². The van der Waals surface area contributed by atoms with Crippen molar-refractivity contribution in [2.45, 2.75) is 46.7 Å². The lowest BCUT2D eigenvalue weighted by molar-refractivity contribution is 0.00857. The molecule has 1 atom stereocenters. The molecule has 6 heteroatoms. The predicted octanol–water partition coefficient (Wildman–Crippen LogP) is 2.82. The zero-order valence-corrected chi connectivity index (χ0v) is 14.1. The number of amides is 2. The van der Waals surface area contributed by atoms with Crippen molar-refractivity contribution >= 4 is 11.7 Å². The maximum Gasteiger partial charge on any atom is 0.322 e. The van der Waals surface area contributed by atoms with Crippen molar-refractivity contribution < 1.29 is 9.53 Å². The Labute approximate surface area is 132 Å². The lowest BCUT2D eigenvalue weighted by Crippen LogP contribution is -2.50. The van der Waals surface area contributed by atoms with Crippen molar-refractivity contribution in [1.82, 2.24) is 14.7 Å². The summed E-state index contributed by atoms with van der Waals surface area (Å²) in [5.74, 6) is 1.06. The first-order valence-corrected chi connectivity index (χ1v) is 8.13. The number of anilines is 1. The summed E-state index contributed by atoms with van der Waals surface area (Å²) in [6.07, 6.45) is 4.55. The van der Waals surface area contributed by atoms with Crippen LogP contribution in [0.5, 0.6) is 0 Å². The van der Waals surface area contributed by atoms with Gasteiger partial charge in [0.2, 0.25) is 0 Å². The standard InChI is InChI=1S/C16H28N4O2/c1-12(2)7-15-11-22-6-5-20(15)16(21)18-14-8-17-19(10-14)9-13(3)4/h8,10,12-13,15H,5-7,9,11H2,1-4H3,(H,18,21). The minimum atomic E-state index is -0.0574. The lowest BCUT2D eigenvalue weighted by Gasteiger charge is -2.36. The number of urea groups is 1. The smallest absolute Gasteiger partial charge is 0.322 e. The van der Waals surface area contributed by atoms with Gasteiger partial charge >= 0.3 is 6.03 Å². The van der Waals surface area contributed by atoms with Gasteiger partial charge in [0, 0.05) is 19.3 Å². The van der Waals surface area contributed by atoms with Crippen LogP contribution in [0.15, 0.2) is 12.4 Å². The topological polar surface area (TPSA) is 59.4 Å². The molecule has 0 bridgehead atoms. The van der Waals surface area contributed by atoms with E-state index in [2.05, 4.69) is 38.1 Å². The summed E-state index contributed by atoms with van der Waals surface area (Å²) in [6.45, 7) is 11.3. The molecule has 1 fully saturated rings. The molecule has 1 aromatic rings. The maximum atomic E-state index is 12.5. The van der Waals surface area contributed by atoms with E-state index < -0.39 is 0 Å². The second kappa shape index (κ2) is 7.63. The van der Waals surface area contributed by atoms with Crippen LogP contribution in [0, 0.1) is 11.8 Å². The molecule has 2 rings (SSSR count). The number of nitrogens with one attached hydrogen (secondary N) is 1. The molecule has 1 N–H and O–H groups in total. The summed E-state index contributed by atoms with van der Waals surface area (Å²) < 4.78 is 7.39.